The molecule has 20 heavy (non-hydrogen) atoms. The maximum Gasteiger partial charge on any atom is 0.248 e. The van der Waals surface area contributed by atoms with Gasteiger partial charge in [0.2, 0.25) is 11.8 Å². The fourth-order valence-corrected chi connectivity index (χ4v) is 2.57. The first-order chi connectivity index (χ1) is 9.21. The molecule has 3 N–H and O–H groups in total. The van der Waals surface area contributed by atoms with E-state index in [9.17, 15) is 9.59 Å². The van der Waals surface area contributed by atoms with Gasteiger partial charge in [-0.1, -0.05) is 0 Å². The monoisotopic (exact) mass is 316 g/mol. The van der Waals surface area contributed by atoms with Gasteiger partial charge in [-0.25, -0.2) is 0 Å². The fraction of sp³-hybridized carbons (Fsp3) is 0.385. The normalized spacial score (nSPS) is 23.0. The van der Waals surface area contributed by atoms with Crippen molar-refractivity contribution in [1.29, 1.82) is 0 Å². The van der Waals surface area contributed by atoms with Crippen LogP contribution < -0.4 is 15.8 Å². The molecule has 2 rings (SSSR count). The Morgan fingerprint density at radius 2 is 2.00 bits per heavy atom. The van der Waals surface area contributed by atoms with Gasteiger partial charge in [0.15, 0.2) is 0 Å². The van der Waals surface area contributed by atoms with Gasteiger partial charge in [0.25, 0.3) is 0 Å². The SMILES string of the molecule is COc1ccc(C(N)=O)cc1NC(=O)C1(C)CC1(Cl)Cl. The minimum absolute atomic E-state index is 0.269. The van der Waals surface area contributed by atoms with Crippen molar-refractivity contribution in [1.82, 2.24) is 0 Å². The van der Waals surface area contributed by atoms with Crippen molar-refractivity contribution in [3.63, 3.8) is 0 Å². The maximum atomic E-state index is 12.2. The zero-order valence-corrected chi connectivity index (χ0v) is 12.5. The Labute approximate surface area is 126 Å². The first-order valence-electron chi connectivity index (χ1n) is 5.88. The number of hydrogen-bond donors (Lipinski definition) is 2. The number of primary amides is 1. The number of methoxy groups -OCH3 is 1. The third kappa shape index (κ3) is 2.43. The molecule has 108 valence electrons. The summed E-state index contributed by atoms with van der Waals surface area (Å²) in [7, 11) is 1.46. The number of anilines is 1. The molecule has 0 bridgehead atoms. The average molecular weight is 317 g/mol. The Bertz CT molecular complexity index is 589. The molecule has 0 aromatic heterocycles. The van der Waals surface area contributed by atoms with Crippen LogP contribution in [0.4, 0.5) is 5.69 Å². The topological polar surface area (TPSA) is 81.4 Å². The molecular formula is C13H14Cl2N2O3. The van der Waals surface area contributed by atoms with Crippen LogP contribution in [0.15, 0.2) is 18.2 Å². The van der Waals surface area contributed by atoms with Crippen molar-refractivity contribution >= 4 is 40.7 Å². The number of halogens is 2. The summed E-state index contributed by atoms with van der Waals surface area (Å²) in [6.45, 7) is 1.67. The number of carbonyl (C=O) groups excluding carboxylic acids is 2. The van der Waals surface area contributed by atoms with Gasteiger partial charge in [-0.05, 0) is 31.5 Å². The van der Waals surface area contributed by atoms with Gasteiger partial charge in [0, 0.05) is 5.56 Å². The summed E-state index contributed by atoms with van der Waals surface area (Å²) in [4.78, 5) is 23.4. The van der Waals surface area contributed by atoms with Crippen LogP contribution >= 0.6 is 23.2 Å². The molecule has 5 nitrogen and oxygen atoms in total. The second-order valence-corrected chi connectivity index (χ2v) is 6.43. The lowest BCUT2D eigenvalue weighted by molar-refractivity contribution is -0.120. The van der Waals surface area contributed by atoms with Gasteiger partial charge in [0.1, 0.15) is 10.1 Å². The van der Waals surface area contributed by atoms with Gasteiger partial charge in [-0.15, -0.1) is 23.2 Å². The molecule has 0 saturated heterocycles. The molecule has 1 aliphatic carbocycles. The summed E-state index contributed by atoms with van der Waals surface area (Å²) in [6.07, 6.45) is 0.368. The first kappa shape index (κ1) is 14.9. The van der Waals surface area contributed by atoms with Crippen molar-refractivity contribution in [2.45, 2.75) is 17.7 Å². The summed E-state index contributed by atoms with van der Waals surface area (Å²) in [5, 5.41) is 2.67. The molecule has 1 saturated carbocycles. The largest absolute Gasteiger partial charge is 0.495 e. The van der Waals surface area contributed by atoms with Crippen molar-refractivity contribution < 1.29 is 14.3 Å². The van der Waals surface area contributed by atoms with Gasteiger partial charge in [0.05, 0.1) is 18.2 Å². The average Bonchev–Trinajstić information content (AvgIpc) is 2.89. The van der Waals surface area contributed by atoms with Crippen LogP contribution in [0, 0.1) is 5.41 Å². The van der Waals surface area contributed by atoms with Gasteiger partial charge in [-0.2, -0.15) is 0 Å². The Morgan fingerprint density at radius 1 is 1.40 bits per heavy atom. The quantitative estimate of drug-likeness (QED) is 0.836. The molecular weight excluding hydrogens is 303 g/mol. The van der Waals surface area contributed by atoms with E-state index in [1.807, 2.05) is 0 Å². The highest BCUT2D eigenvalue weighted by Gasteiger charge is 2.67. The smallest absolute Gasteiger partial charge is 0.248 e. The highest BCUT2D eigenvalue weighted by atomic mass is 35.5. The van der Waals surface area contributed by atoms with Crippen LogP contribution in [0.1, 0.15) is 23.7 Å². The van der Waals surface area contributed by atoms with Gasteiger partial charge in [-0.3, -0.25) is 9.59 Å². The number of benzene rings is 1. The van der Waals surface area contributed by atoms with Crippen molar-refractivity contribution in [2.75, 3.05) is 12.4 Å². The highest BCUT2D eigenvalue weighted by Crippen LogP contribution is 2.64. The van der Waals surface area contributed by atoms with Gasteiger partial charge < -0.3 is 15.8 Å². The van der Waals surface area contributed by atoms with E-state index < -0.39 is 15.7 Å². The number of alkyl halides is 2. The minimum atomic E-state index is -1.06. The van der Waals surface area contributed by atoms with Crippen molar-refractivity contribution in [3.05, 3.63) is 23.8 Å². The zero-order valence-electron chi connectivity index (χ0n) is 11.0. The van der Waals surface area contributed by atoms with Crippen LogP contribution in [-0.4, -0.2) is 23.3 Å². The number of ether oxygens (including phenoxy) is 1. The standard InChI is InChI=1S/C13H14Cl2N2O3/c1-12(6-13(12,14)15)11(19)17-8-5-7(10(16)18)3-4-9(8)20-2/h3-5H,6H2,1-2H3,(H2,16,18)(H,17,19). The molecule has 1 aromatic rings. The lowest BCUT2D eigenvalue weighted by Gasteiger charge is -2.15. The van der Waals surface area contributed by atoms with E-state index in [-0.39, 0.29) is 11.5 Å². The lowest BCUT2D eigenvalue weighted by Crippen LogP contribution is -2.26. The molecule has 1 aliphatic rings. The predicted octanol–water partition coefficient (Wildman–Crippen LogP) is 2.32. The van der Waals surface area contributed by atoms with E-state index in [0.29, 0.717) is 17.9 Å². The number of rotatable bonds is 4. The zero-order chi connectivity index (χ0) is 15.1. The van der Waals surface area contributed by atoms with E-state index in [1.165, 1.54) is 19.2 Å². The maximum absolute atomic E-state index is 12.2. The number of carbonyl (C=O) groups is 2. The second kappa shape index (κ2) is 4.82. The van der Waals surface area contributed by atoms with Gasteiger partial charge >= 0.3 is 0 Å². The van der Waals surface area contributed by atoms with Crippen molar-refractivity contribution in [3.8, 4) is 5.75 Å². The highest BCUT2D eigenvalue weighted by molar-refractivity contribution is 6.53. The van der Waals surface area contributed by atoms with Crippen LogP contribution in [0.5, 0.6) is 5.75 Å². The van der Waals surface area contributed by atoms with E-state index >= 15 is 0 Å². The summed E-state index contributed by atoms with van der Waals surface area (Å²) in [5.41, 5.74) is 4.98. The summed E-state index contributed by atoms with van der Waals surface area (Å²) >= 11 is 11.9. The molecule has 0 radical (unpaired) electrons. The number of hydrogen-bond acceptors (Lipinski definition) is 3. The lowest BCUT2D eigenvalue weighted by atomic mass is 10.1. The number of amides is 2. The first-order valence-corrected chi connectivity index (χ1v) is 6.64. The molecule has 2 amide bonds. The molecule has 0 heterocycles. The number of nitrogens with one attached hydrogen (secondary N) is 1. The third-order valence-corrected chi connectivity index (χ3v) is 4.59. The molecule has 1 fully saturated rings. The summed E-state index contributed by atoms with van der Waals surface area (Å²) in [5.74, 6) is -0.505. The summed E-state index contributed by atoms with van der Waals surface area (Å²) in [6, 6.07) is 4.53. The Balaban J connectivity index is 2.27. The van der Waals surface area contributed by atoms with E-state index in [0.717, 1.165) is 0 Å². The second-order valence-electron chi connectivity index (χ2n) is 4.95. The number of nitrogens with two attached hydrogens (primary N) is 1. The Kier molecular flexibility index (Phi) is 3.60. The Hall–Kier alpha value is -1.46. The van der Waals surface area contributed by atoms with Crippen LogP contribution in [0.25, 0.3) is 0 Å². The Morgan fingerprint density at radius 3 is 2.45 bits per heavy atom. The van der Waals surface area contributed by atoms with E-state index in [4.69, 9.17) is 33.7 Å². The molecule has 1 unspecified atom stereocenters. The summed E-state index contributed by atoms with van der Waals surface area (Å²) < 4.78 is 4.07. The third-order valence-electron chi connectivity index (χ3n) is 3.49. The molecule has 1 aromatic carbocycles. The van der Waals surface area contributed by atoms with Crippen LogP contribution in [0.3, 0.4) is 0 Å². The molecule has 0 aliphatic heterocycles. The van der Waals surface area contributed by atoms with Crippen molar-refractivity contribution in [2.24, 2.45) is 11.1 Å². The fourth-order valence-electron chi connectivity index (χ4n) is 1.87. The van der Waals surface area contributed by atoms with Crippen LogP contribution in [0.2, 0.25) is 0 Å². The predicted molar refractivity (Wildman–Crippen MR) is 77.3 cm³/mol. The molecule has 1 atom stereocenters. The van der Waals surface area contributed by atoms with E-state index in [1.54, 1.807) is 13.0 Å². The van der Waals surface area contributed by atoms with E-state index in [2.05, 4.69) is 5.32 Å². The minimum Gasteiger partial charge on any atom is -0.495 e. The molecule has 0 spiro atoms. The van der Waals surface area contributed by atoms with Crippen LogP contribution in [-0.2, 0) is 4.79 Å². The molecule has 7 heteroatoms.